The van der Waals surface area contributed by atoms with Crippen LogP contribution >= 0.6 is 0 Å². The molecule has 5 nitrogen and oxygen atoms in total. The number of benzene rings is 4. The predicted molar refractivity (Wildman–Crippen MR) is 174 cm³/mol. The fourth-order valence-electron chi connectivity index (χ4n) is 7.08. The molecule has 0 amide bonds. The van der Waals surface area contributed by atoms with E-state index in [0.29, 0.717) is 5.95 Å². The molecule has 5 heteroatoms. The molecule has 1 aliphatic rings. The van der Waals surface area contributed by atoms with Gasteiger partial charge >= 0.3 is 0 Å². The third-order valence-electron chi connectivity index (χ3n) is 8.96. The number of hydrogen-bond acceptors (Lipinski definition) is 3. The molecular weight excluding hydrogens is 526 g/mol. The monoisotopic (exact) mass is 553 g/mol. The van der Waals surface area contributed by atoms with Crippen LogP contribution in [-0.4, -0.2) is 24.1 Å². The van der Waals surface area contributed by atoms with Crippen LogP contribution in [0.2, 0.25) is 0 Å². The minimum atomic E-state index is -0.275. The molecule has 4 heterocycles. The van der Waals surface area contributed by atoms with Gasteiger partial charge in [-0.2, -0.15) is 4.98 Å². The highest BCUT2D eigenvalue weighted by molar-refractivity contribution is 6.09. The average Bonchev–Trinajstić information content (AvgIpc) is 3.66. The molecule has 0 aliphatic heterocycles. The molecular formula is C38H27N5. The molecule has 4 aromatic carbocycles. The first kappa shape index (κ1) is 24.1. The Morgan fingerprint density at radius 2 is 1.19 bits per heavy atom. The SMILES string of the molecule is CC1(C)c2cccnc2-c2c1n(-c1cc(-c3ccccc3)nc(-n3c4ccccc4c4ccccc43)n1)c1ccccc21. The van der Waals surface area contributed by atoms with Gasteiger partial charge in [0.15, 0.2) is 0 Å². The van der Waals surface area contributed by atoms with Crippen LogP contribution in [0.25, 0.3) is 67.0 Å². The number of rotatable bonds is 3. The standard InChI is InChI=1S/C38H27N5/c1-38(2)28-18-12-22-39-35(28)34-27-17-8-11-21-32(27)43(36(34)38)33-23-29(24-13-4-3-5-14-24)40-37(41-33)42-30-19-9-6-15-25(30)26-16-7-10-20-31(26)42/h3-23H,1-2H3. The Morgan fingerprint density at radius 3 is 1.88 bits per heavy atom. The lowest BCUT2D eigenvalue weighted by atomic mass is 9.86. The van der Waals surface area contributed by atoms with Crippen molar-refractivity contribution in [2.75, 3.05) is 0 Å². The number of aromatic nitrogens is 5. The van der Waals surface area contributed by atoms with Crippen LogP contribution in [0.4, 0.5) is 0 Å². The minimum Gasteiger partial charge on any atom is -0.296 e. The normalized spacial score (nSPS) is 13.5. The third-order valence-corrected chi connectivity index (χ3v) is 8.96. The van der Waals surface area contributed by atoms with Gasteiger partial charge in [0.1, 0.15) is 5.82 Å². The van der Waals surface area contributed by atoms with Gasteiger partial charge in [-0.25, -0.2) is 4.98 Å². The maximum Gasteiger partial charge on any atom is 0.237 e. The van der Waals surface area contributed by atoms with Crippen LogP contribution in [0.15, 0.2) is 128 Å². The molecule has 0 saturated carbocycles. The highest BCUT2D eigenvalue weighted by atomic mass is 15.2. The van der Waals surface area contributed by atoms with Gasteiger partial charge in [0.2, 0.25) is 5.95 Å². The zero-order valence-electron chi connectivity index (χ0n) is 23.9. The average molecular weight is 554 g/mol. The zero-order valence-corrected chi connectivity index (χ0v) is 23.9. The smallest absolute Gasteiger partial charge is 0.237 e. The van der Waals surface area contributed by atoms with E-state index in [0.717, 1.165) is 39.3 Å². The van der Waals surface area contributed by atoms with Crippen LogP contribution in [0.1, 0.15) is 25.1 Å². The second kappa shape index (κ2) is 8.73. The van der Waals surface area contributed by atoms with E-state index in [1.54, 1.807) is 0 Å². The molecule has 1 aliphatic carbocycles. The lowest BCUT2D eigenvalue weighted by Gasteiger charge is -2.24. The summed E-state index contributed by atoms with van der Waals surface area (Å²) in [6.07, 6.45) is 1.90. The summed E-state index contributed by atoms with van der Waals surface area (Å²) in [6, 6.07) is 42.4. The summed E-state index contributed by atoms with van der Waals surface area (Å²) in [7, 11) is 0. The van der Waals surface area contributed by atoms with Crippen molar-refractivity contribution in [3.63, 3.8) is 0 Å². The Hall–Kier alpha value is -5.55. The van der Waals surface area contributed by atoms with E-state index in [9.17, 15) is 0 Å². The zero-order chi connectivity index (χ0) is 28.7. The molecule has 0 radical (unpaired) electrons. The summed E-state index contributed by atoms with van der Waals surface area (Å²) >= 11 is 0. The van der Waals surface area contributed by atoms with Crippen LogP contribution in [0, 0.1) is 0 Å². The number of fused-ring (bicyclic) bond motifs is 8. The molecule has 0 spiro atoms. The second-order valence-electron chi connectivity index (χ2n) is 11.7. The van der Waals surface area contributed by atoms with Crippen molar-refractivity contribution in [3.8, 4) is 34.3 Å². The van der Waals surface area contributed by atoms with Crippen LogP contribution in [-0.2, 0) is 5.41 Å². The third kappa shape index (κ3) is 3.30. The van der Waals surface area contributed by atoms with Crippen molar-refractivity contribution in [3.05, 3.63) is 139 Å². The molecule has 0 saturated heterocycles. The molecule has 0 N–H and O–H groups in total. The minimum absolute atomic E-state index is 0.275. The van der Waals surface area contributed by atoms with Gasteiger partial charge in [-0.15, -0.1) is 0 Å². The number of pyridine rings is 1. The van der Waals surface area contributed by atoms with Gasteiger partial charge in [-0.3, -0.25) is 14.1 Å². The summed E-state index contributed by atoms with van der Waals surface area (Å²) in [6.45, 7) is 4.59. The van der Waals surface area contributed by atoms with Gasteiger partial charge in [0.25, 0.3) is 0 Å². The first-order valence-corrected chi connectivity index (χ1v) is 14.6. The van der Waals surface area contributed by atoms with Gasteiger partial charge in [-0.1, -0.05) is 105 Å². The van der Waals surface area contributed by atoms with Crippen molar-refractivity contribution in [2.45, 2.75) is 19.3 Å². The topological polar surface area (TPSA) is 48.5 Å². The van der Waals surface area contributed by atoms with E-state index in [1.165, 1.54) is 33.0 Å². The Morgan fingerprint density at radius 1 is 0.581 bits per heavy atom. The Kier molecular flexibility index (Phi) is 4.89. The molecule has 0 unspecified atom stereocenters. The molecule has 8 aromatic rings. The quantitative estimate of drug-likeness (QED) is 0.220. The molecule has 4 aromatic heterocycles. The molecule has 0 fully saturated rings. The highest BCUT2D eigenvalue weighted by Gasteiger charge is 2.42. The summed E-state index contributed by atoms with van der Waals surface area (Å²) < 4.78 is 4.55. The maximum atomic E-state index is 5.39. The Bertz CT molecular complexity index is 2320. The van der Waals surface area contributed by atoms with E-state index in [4.69, 9.17) is 15.0 Å². The number of hydrogen-bond donors (Lipinski definition) is 0. The van der Waals surface area contributed by atoms with Crippen molar-refractivity contribution >= 4 is 32.7 Å². The van der Waals surface area contributed by atoms with Crippen LogP contribution in [0.5, 0.6) is 0 Å². The summed E-state index contributed by atoms with van der Waals surface area (Å²) in [5.41, 5.74) is 9.61. The van der Waals surface area contributed by atoms with Crippen molar-refractivity contribution in [1.29, 1.82) is 0 Å². The molecule has 43 heavy (non-hydrogen) atoms. The summed E-state index contributed by atoms with van der Waals surface area (Å²) in [4.78, 5) is 15.5. The summed E-state index contributed by atoms with van der Waals surface area (Å²) in [5, 5.41) is 3.55. The van der Waals surface area contributed by atoms with Crippen molar-refractivity contribution < 1.29 is 0 Å². The number of para-hydroxylation sites is 3. The van der Waals surface area contributed by atoms with E-state index in [1.807, 2.05) is 18.3 Å². The fraction of sp³-hybridized carbons (Fsp3) is 0.0789. The first-order chi connectivity index (χ1) is 21.1. The van der Waals surface area contributed by atoms with E-state index in [2.05, 4.69) is 132 Å². The van der Waals surface area contributed by atoms with Gasteiger partial charge in [0, 0.05) is 50.7 Å². The van der Waals surface area contributed by atoms with Crippen molar-refractivity contribution in [1.82, 2.24) is 24.1 Å². The predicted octanol–water partition coefficient (Wildman–Crippen LogP) is 8.89. The van der Waals surface area contributed by atoms with E-state index >= 15 is 0 Å². The van der Waals surface area contributed by atoms with Gasteiger partial charge < -0.3 is 0 Å². The number of nitrogens with zero attached hydrogens (tertiary/aromatic N) is 5. The van der Waals surface area contributed by atoms with Gasteiger partial charge in [-0.05, 0) is 29.8 Å². The lowest BCUT2D eigenvalue weighted by molar-refractivity contribution is 0.619. The van der Waals surface area contributed by atoms with E-state index in [-0.39, 0.29) is 5.41 Å². The highest BCUT2D eigenvalue weighted by Crippen LogP contribution is 2.52. The largest absolute Gasteiger partial charge is 0.296 e. The Balaban J connectivity index is 1.42. The molecule has 9 rings (SSSR count). The van der Waals surface area contributed by atoms with Gasteiger partial charge in [0.05, 0.1) is 27.9 Å². The Labute approximate surface area is 248 Å². The molecule has 0 atom stereocenters. The lowest BCUT2D eigenvalue weighted by Crippen LogP contribution is -2.20. The van der Waals surface area contributed by atoms with E-state index < -0.39 is 0 Å². The first-order valence-electron chi connectivity index (χ1n) is 14.6. The maximum absolute atomic E-state index is 5.39. The van der Waals surface area contributed by atoms with Crippen LogP contribution in [0.3, 0.4) is 0 Å². The van der Waals surface area contributed by atoms with Crippen molar-refractivity contribution in [2.24, 2.45) is 0 Å². The fourth-order valence-corrected chi connectivity index (χ4v) is 7.08. The second-order valence-corrected chi connectivity index (χ2v) is 11.7. The summed E-state index contributed by atoms with van der Waals surface area (Å²) in [5.74, 6) is 1.48. The van der Waals surface area contributed by atoms with Crippen LogP contribution < -0.4 is 0 Å². The molecule has 204 valence electrons. The molecule has 0 bridgehead atoms.